The Hall–Kier alpha value is -2.08. The summed E-state index contributed by atoms with van der Waals surface area (Å²) in [5, 5.41) is 18.2. The SMILES string of the molecule is COCOc1ccc2c(c1)OC(O)=C(O)O2. The molecule has 1 heterocycles. The van der Waals surface area contributed by atoms with E-state index in [1.165, 1.54) is 13.2 Å². The molecule has 0 bridgehead atoms. The molecule has 1 aliphatic rings. The summed E-state index contributed by atoms with van der Waals surface area (Å²) in [6.45, 7) is 0.104. The average molecular weight is 226 g/mol. The second kappa shape index (κ2) is 4.19. The van der Waals surface area contributed by atoms with Gasteiger partial charge in [-0.2, -0.15) is 0 Å². The lowest BCUT2D eigenvalue weighted by Gasteiger charge is -2.17. The zero-order valence-electron chi connectivity index (χ0n) is 8.47. The van der Waals surface area contributed by atoms with Gasteiger partial charge in [-0.15, -0.1) is 0 Å². The highest BCUT2D eigenvalue weighted by Gasteiger charge is 2.21. The number of hydrogen-bond acceptors (Lipinski definition) is 6. The summed E-state index contributed by atoms with van der Waals surface area (Å²) in [6, 6.07) is 4.68. The van der Waals surface area contributed by atoms with Crippen LogP contribution in [-0.2, 0) is 4.74 Å². The molecule has 16 heavy (non-hydrogen) atoms. The predicted molar refractivity (Wildman–Crippen MR) is 52.5 cm³/mol. The summed E-state index contributed by atoms with van der Waals surface area (Å²) < 4.78 is 19.7. The number of benzene rings is 1. The monoisotopic (exact) mass is 226 g/mol. The molecule has 2 N–H and O–H groups in total. The van der Waals surface area contributed by atoms with E-state index in [0.29, 0.717) is 11.5 Å². The van der Waals surface area contributed by atoms with Gasteiger partial charge in [-0.05, 0) is 12.1 Å². The fourth-order valence-corrected chi connectivity index (χ4v) is 1.16. The minimum atomic E-state index is -0.684. The fourth-order valence-electron chi connectivity index (χ4n) is 1.16. The lowest BCUT2D eigenvalue weighted by Crippen LogP contribution is -2.11. The Balaban J connectivity index is 2.20. The molecule has 86 valence electrons. The standard InChI is InChI=1S/C10H10O6/c1-13-5-14-6-2-3-7-8(4-6)16-10(12)9(11)15-7/h2-4,11-12H,5H2,1H3. The molecule has 0 unspecified atom stereocenters. The minimum Gasteiger partial charge on any atom is -0.476 e. The fraction of sp³-hybridized carbons (Fsp3) is 0.200. The lowest BCUT2D eigenvalue weighted by atomic mass is 10.3. The van der Waals surface area contributed by atoms with Crippen LogP contribution >= 0.6 is 0 Å². The first-order valence-electron chi connectivity index (χ1n) is 4.44. The molecule has 1 aromatic carbocycles. The highest BCUT2D eigenvalue weighted by molar-refractivity contribution is 5.47. The van der Waals surface area contributed by atoms with Crippen LogP contribution in [0.3, 0.4) is 0 Å². The van der Waals surface area contributed by atoms with Gasteiger partial charge in [0, 0.05) is 13.2 Å². The molecule has 6 nitrogen and oxygen atoms in total. The Kier molecular flexibility index (Phi) is 2.74. The van der Waals surface area contributed by atoms with E-state index in [1.54, 1.807) is 12.1 Å². The second-order valence-electron chi connectivity index (χ2n) is 2.97. The van der Waals surface area contributed by atoms with Gasteiger partial charge in [0.15, 0.2) is 18.3 Å². The van der Waals surface area contributed by atoms with E-state index >= 15 is 0 Å². The Bertz CT molecular complexity index is 425. The molecule has 0 aliphatic carbocycles. The third kappa shape index (κ3) is 1.96. The molecule has 0 spiro atoms. The molecule has 0 saturated carbocycles. The molecular formula is C10H10O6. The number of methoxy groups -OCH3 is 1. The van der Waals surface area contributed by atoms with E-state index < -0.39 is 11.9 Å². The number of hydrogen-bond donors (Lipinski definition) is 2. The Morgan fingerprint density at radius 1 is 1.12 bits per heavy atom. The summed E-state index contributed by atoms with van der Waals surface area (Å²) in [7, 11) is 1.50. The van der Waals surface area contributed by atoms with Crippen LogP contribution in [-0.4, -0.2) is 24.1 Å². The van der Waals surface area contributed by atoms with E-state index in [2.05, 4.69) is 0 Å². The van der Waals surface area contributed by atoms with Crippen molar-refractivity contribution in [3.05, 3.63) is 30.1 Å². The molecule has 0 saturated heterocycles. The molecule has 0 radical (unpaired) electrons. The summed E-state index contributed by atoms with van der Waals surface area (Å²) in [4.78, 5) is 0. The minimum absolute atomic E-state index is 0.104. The van der Waals surface area contributed by atoms with Crippen molar-refractivity contribution in [2.24, 2.45) is 0 Å². The van der Waals surface area contributed by atoms with Crippen molar-refractivity contribution < 1.29 is 29.2 Å². The highest BCUT2D eigenvalue weighted by Crippen LogP contribution is 2.36. The molecular weight excluding hydrogens is 216 g/mol. The van der Waals surface area contributed by atoms with E-state index in [4.69, 9.17) is 29.2 Å². The Morgan fingerprint density at radius 2 is 1.81 bits per heavy atom. The first kappa shape index (κ1) is 10.4. The smallest absolute Gasteiger partial charge is 0.367 e. The summed E-state index contributed by atoms with van der Waals surface area (Å²) in [5.74, 6) is -0.309. The average Bonchev–Trinajstić information content (AvgIpc) is 2.28. The van der Waals surface area contributed by atoms with E-state index in [1.807, 2.05) is 0 Å². The predicted octanol–water partition coefficient (Wildman–Crippen LogP) is 1.68. The van der Waals surface area contributed by atoms with Crippen LogP contribution in [0.1, 0.15) is 0 Å². The van der Waals surface area contributed by atoms with Crippen LogP contribution < -0.4 is 14.2 Å². The quantitative estimate of drug-likeness (QED) is 0.763. The molecule has 0 amide bonds. The van der Waals surface area contributed by atoms with Gasteiger partial charge in [0.1, 0.15) is 5.75 Å². The van der Waals surface area contributed by atoms with Crippen LogP contribution in [0.25, 0.3) is 0 Å². The van der Waals surface area contributed by atoms with Crippen molar-refractivity contribution in [2.75, 3.05) is 13.9 Å². The Morgan fingerprint density at radius 3 is 2.50 bits per heavy atom. The molecule has 6 heteroatoms. The van der Waals surface area contributed by atoms with E-state index in [0.717, 1.165) is 0 Å². The van der Waals surface area contributed by atoms with Crippen LogP contribution in [0, 0.1) is 0 Å². The van der Waals surface area contributed by atoms with Crippen molar-refractivity contribution in [1.82, 2.24) is 0 Å². The highest BCUT2D eigenvalue weighted by atomic mass is 16.7. The van der Waals surface area contributed by atoms with Crippen molar-refractivity contribution in [2.45, 2.75) is 0 Å². The number of aliphatic hydroxyl groups is 2. The molecule has 0 aromatic heterocycles. The number of ether oxygens (including phenoxy) is 4. The van der Waals surface area contributed by atoms with Gasteiger partial charge in [0.05, 0.1) is 0 Å². The summed E-state index contributed by atoms with van der Waals surface area (Å²) >= 11 is 0. The second-order valence-corrected chi connectivity index (χ2v) is 2.97. The third-order valence-electron chi connectivity index (χ3n) is 1.85. The number of fused-ring (bicyclic) bond motifs is 1. The molecule has 1 aromatic rings. The van der Waals surface area contributed by atoms with Gasteiger partial charge < -0.3 is 29.2 Å². The van der Waals surface area contributed by atoms with Crippen LogP contribution in [0.5, 0.6) is 17.2 Å². The molecule has 2 rings (SSSR count). The largest absolute Gasteiger partial charge is 0.476 e. The van der Waals surface area contributed by atoms with Crippen LogP contribution in [0.15, 0.2) is 30.1 Å². The topological polar surface area (TPSA) is 77.4 Å². The summed E-state index contributed by atoms with van der Waals surface area (Å²) in [5.41, 5.74) is 0. The van der Waals surface area contributed by atoms with Crippen molar-refractivity contribution in [3.63, 3.8) is 0 Å². The van der Waals surface area contributed by atoms with Crippen LogP contribution in [0.2, 0.25) is 0 Å². The van der Waals surface area contributed by atoms with Gasteiger partial charge >= 0.3 is 11.9 Å². The zero-order valence-corrected chi connectivity index (χ0v) is 8.47. The molecule has 0 atom stereocenters. The molecule has 1 aliphatic heterocycles. The Labute approximate surface area is 91.2 Å². The van der Waals surface area contributed by atoms with E-state index in [-0.39, 0.29) is 12.5 Å². The lowest BCUT2D eigenvalue weighted by molar-refractivity contribution is 0.0500. The van der Waals surface area contributed by atoms with Crippen molar-refractivity contribution >= 4 is 0 Å². The van der Waals surface area contributed by atoms with E-state index in [9.17, 15) is 0 Å². The third-order valence-corrected chi connectivity index (χ3v) is 1.85. The first-order chi connectivity index (χ1) is 7.70. The van der Waals surface area contributed by atoms with Gasteiger partial charge in [-0.1, -0.05) is 0 Å². The first-order valence-corrected chi connectivity index (χ1v) is 4.44. The van der Waals surface area contributed by atoms with Crippen molar-refractivity contribution in [1.29, 1.82) is 0 Å². The van der Waals surface area contributed by atoms with Gasteiger partial charge in [0.25, 0.3) is 0 Å². The maximum Gasteiger partial charge on any atom is 0.367 e. The number of aliphatic hydroxyl groups excluding tert-OH is 2. The zero-order chi connectivity index (χ0) is 11.5. The van der Waals surface area contributed by atoms with Gasteiger partial charge in [-0.3, -0.25) is 0 Å². The van der Waals surface area contributed by atoms with Gasteiger partial charge in [0.2, 0.25) is 0 Å². The summed E-state index contributed by atoms with van der Waals surface area (Å²) in [6.07, 6.45) is 0. The number of rotatable bonds is 3. The van der Waals surface area contributed by atoms with Crippen molar-refractivity contribution in [3.8, 4) is 17.2 Å². The molecule has 0 fully saturated rings. The maximum absolute atomic E-state index is 9.11. The normalized spacial score (nSPS) is 13.8. The van der Waals surface area contributed by atoms with Gasteiger partial charge in [-0.25, -0.2) is 0 Å². The maximum atomic E-state index is 9.11. The van der Waals surface area contributed by atoms with Crippen LogP contribution in [0.4, 0.5) is 0 Å².